The van der Waals surface area contributed by atoms with Crippen LogP contribution < -0.4 is 10.6 Å². The van der Waals surface area contributed by atoms with E-state index in [1.165, 1.54) is 10.9 Å². The minimum atomic E-state index is -0.115. The maximum Gasteiger partial charge on any atom is 0.237 e. The molecule has 0 spiro atoms. The van der Waals surface area contributed by atoms with Gasteiger partial charge in [-0.1, -0.05) is 38.5 Å². The van der Waals surface area contributed by atoms with Gasteiger partial charge in [0.05, 0.1) is 6.04 Å². The molecule has 1 aromatic heterocycles. The van der Waals surface area contributed by atoms with Crippen molar-refractivity contribution in [2.45, 2.75) is 52.1 Å². The Morgan fingerprint density at radius 2 is 2.00 bits per heavy atom. The van der Waals surface area contributed by atoms with Crippen LogP contribution in [0.15, 0.2) is 30.5 Å². The van der Waals surface area contributed by atoms with Gasteiger partial charge in [-0.25, -0.2) is 0 Å². The summed E-state index contributed by atoms with van der Waals surface area (Å²) < 4.78 is 0. The van der Waals surface area contributed by atoms with Crippen LogP contribution in [0, 0.1) is 5.92 Å². The van der Waals surface area contributed by atoms with Crippen LogP contribution in [-0.2, 0) is 11.2 Å². The highest BCUT2D eigenvalue weighted by Crippen LogP contribution is 2.19. The van der Waals surface area contributed by atoms with Crippen LogP contribution in [-0.4, -0.2) is 30.0 Å². The zero-order valence-electron chi connectivity index (χ0n) is 14.6. The van der Waals surface area contributed by atoms with Crippen molar-refractivity contribution in [1.82, 2.24) is 15.6 Å². The molecule has 0 aliphatic carbocycles. The number of fused-ring (bicyclic) bond motifs is 1. The van der Waals surface area contributed by atoms with E-state index in [1.54, 1.807) is 0 Å². The predicted octanol–water partition coefficient (Wildman–Crippen LogP) is 3.24. The van der Waals surface area contributed by atoms with Crippen LogP contribution in [0.1, 0.15) is 39.2 Å². The number of benzene rings is 1. The van der Waals surface area contributed by atoms with Crippen LogP contribution in [0.25, 0.3) is 10.9 Å². The molecule has 2 rings (SSSR count). The van der Waals surface area contributed by atoms with Gasteiger partial charge in [0.25, 0.3) is 0 Å². The number of rotatable bonds is 8. The average Bonchev–Trinajstić information content (AvgIpc) is 2.95. The Balaban J connectivity index is 1.95. The summed E-state index contributed by atoms with van der Waals surface area (Å²) in [6.45, 7) is 6.41. The lowest BCUT2D eigenvalue weighted by Gasteiger charge is -2.22. The summed E-state index contributed by atoms with van der Waals surface area (Å²) in [5, 5.41) is 7.53. The molecule has 0 aliphatic heterocycles. The number of aromatic amines is 1. The van der Waals surface area contributed by atoms with Gasteiger partial charge in [0.1, 0.15) is 0 Å². The van der Waals surface area contributed by atoms with E-state index in [1.807, 2.05) is 25.4 Å². The van der Waals surface area contributed by atoms with E-state index in [-0.39, 0.29) is 18.0 Å². The van der Waals surface area contributed by atoms with Gasteiger partial charge in [0, 0.05) is 23.1 Å². The lowest BCUT2D eigenvalue weighted by atomic mass is 9.98. The second-order valence-electron chi connectivity index (χ2n) is 6.56. The molecule has 3 N–H and O–H groups in total. The monoisotopic (exact) mass is 315 g/mol. The van der Waals surface area contributed by atoms with Crippen molar-refractivity contribution in [1.29, 1.82) is 0 Å². The molecule has 0 radical (unpaired) electrons. The Hall–Kier alpha value is -1.81. The SMILES string of the molecule is CC[C@@H](C)C[C@H](NC)C(=O)NC(C)Cc1c[nH]c2ccccc12. The number of hydrogen-bond donors (Lipinski definition) is 3. The third-order valence-corrected chi connectivity index (χ3v) is 4.59. The first kappa shape index (κ1) is 17.5. The molecule has 0 aliphatic rings. The van der Waals surface area contributed by atoms with E-state index in [2.05, 4.69) is 48.5 Å². The highest BCUT2D eigenvalue weighted by Gasteiger charge is 2.20. The first-order valence-electron chi connectivity index (χ1n) is 8.57. The van der Waals surface area contributed by atoms with Gasteiger partial charge in [0.15, 0.2) is 0 Å². The van der Waals surface area contributed by atoms with Gasteiger partial charge >= 0.3 is 0 Å². The molecule has 0 saturated heterocycles. The molecule has 1 heterocycles. The van der Waals surface area contributed by atoms with Crippen molar-refractivity contribution in [3.05, 3.63) is 36.0 Å². The Morgan fingerprint density at radius 1 is 1.26 bits per heavy atom. The molecule has 4 heteroatoms. The third kappa shape index (κ3) is 4.58. The summed E-state index contributed by atoms with van der Waals surface area (Å²) >= 11 is 0. The molecule has 0 saturated carbocycles. The fourth-order valence-electron chi connectivity index (χ4n) is 2.95. The maximum absolute atomic E-state index is 12.4. The highest BCUT2D eigenvalue weighted by molar-refractivity contribution is 5.84. The Labute approximate surface area is 139 Å². The van der Waals surface area contributed by atoms with Crippen LogP contribution in [0.3, 0.4) is 0 Å². The average molecular weight is 315 g/mol. The number of carbonyl (C=O) groups excluding carboxylic acids is 1. The van der Waals surface area contributed by atoms with Crippen molar-refractivity contribution in [3.8, 4) is 0 Å². The molecule has 4 nitrogen and oxygen atoms in total. The van der Waals surface area contributed by atoms with Crippen molar-refractivity contribution < 1.29 is 4.79 Å². The zero-order chi connectivity index (χ0) is 16.8. The minimum Gasteiger partial charge on any atom is -0.361 e. The van der Waals surface area contributed by atoms with Gasteiger partial charge in [0.2, 0.25) is 5.91 Å². The van der Waals surface area contributed by atoms with E-state index in [4.69, 9.17) is 0 Å². The van der Waals surface area contributed by atoms with E-state index in [0.29, 0.717) is 5.92 Å². The number of H-pyrrole nitrogens is 1. The number of nitrogens with one attached hydrogen (secondary N) is 3. The van der Waals surface area contributed by atoms with E-state index in [0.717, 1.165) is 24.8 Å². The fraction of sp³-hybridized carbons (Fsp3) is 0.526. The first-order valence-corrected chi connectivity index (χ1v) is 8.57. The summed E-state index contributed by atoms with van der Waals surface area (Å²) in [4.78, 5) is 15.7. The van der Waals surface area contributed by atoms with Crippen LogP contribution in [0.4, 0.5) is 0 Å². The van der Waals surface area contributed by atoms with Crippen molar-refractivity contribution >= 4 is 16.8 Å². The number of amides is 1. The maximum atomic E-state index is 12.4. The van der Waals surface area contributed by atoms with Gasteiger partial charge in [-0.3, -0.25) is 4.79 Å². The molecule has 23 heavy (non-hydrogen) atoms. The van der Waals surface area contributed by atoms with Crippen molar-refractivity contribution in [2.75, 3.05) is 7.05 Å². The van der Waals surface area contributed by atoms with Gasteiger partial charge in [-0.15, -0.1) is 0 Å². The predicted molar refractivity (Wildman–Crippen MR) is 96.5 cm³/mol. The molecule has 126 valence electrons. The molecule has 0 fully saturated rings. The third-order valence-electron chi connectivity index (χ3n) is 4.59. The van der Waals surface area contributed by atoms with E-state index >= 15 is 0 Å². The van der Waals surface area contributed by atoms with Gasteiger partial charge in [-0.2, -0.15) is 0 Å². The summed E-state index contributed by atoms with van der Waals surface area (Å²) in [7, 11) is 1.86. The topological polar surface area (TPSA) is 56.9 Å². The number of hydrogen-bond acceptors (Lipinski definition) is 2. The normalized spacial score (nSPS) is 15.3. The van der Waals surface area contributed by atoms with Crippen molar-refractivity contribution in [2.24, 2.45) is 5.92 Å². The van der Waals surface area contributed by atoms with E-state index in [9.17, 15) is 4.79 Å². The summed E-state index contributed by atoms with van der Waals surface area (Å²) in [5.41, 5.74) is 2.39. The molecule has 2 aromatic rings. The number of likely N-dealkylation sites (N-methyl/N-ethyl adjacent to an activating group) is 1. The minimum absolute atomic E-state index is 0.0974. The standard InChI is InChI=1S/C19H29N3O/c1-5-13(2)10-18(20-4)19(23)22-14(3)11-15-12-21-17-9-7-6-8-16(15)17/h6-9,12-14,18,20-21H,5,10-11H2,1-4H3,(H,22,23)/t13-,14?,18+/m1/s1. The first-order chi connectivity index (χ1) is 11.0. The fourth-order valence-corrected chi connectivity index (χ4v) is 2.95. The quantitative estimate of drug-likeness (QED) is 0.700. The Bertz CT molecular complexity index is 634. The largest absolute Gasteiger partial charge is 0.361 e. The van der Waals surface area contributed by atoms with Crippen LogP contribution >= 0.6 is 0 Å². The smallest absolute Gasteiger partial charge is 0.237 e. The summed E-state index contributed by atoms with van der Waals surface area (Å²) in [6.07, 6.45) is 4.84. The van der Waals surface area contributed by atoms with Crippen molar-refractivity contribution in [3.63, 3.8) is 0 Å². The van der Waals surface area contributed by atoms with Crippen LogP contribution in [0.5, 0.6) is 0 Å². The lowest BCUT2D eigenvalue weighted by molar-refractivity contribution is -0.124. The molecule has 1 aromatic carbocycles. The molecule has 1 amide bonds. The Kier molecular flexibility index (Phi) is 6.22. The molecular weight excluding hydrogens is 286 g/mol. The van der Waals surface area contributed by atoms with Crippen LogP contribution in [0.2, 0.25) is 0 Å². The summed E-state index contributed by atoms with van der Waals surface area (Å²) in [6, 6.07) is 8.26. The number of carbonyl (C=O) groups is 1. The highest BCUT2D eigenvalue weighted by atomic mass is 16.2. The van der Waals surface area contributed by atoms with Gasteiger partial charge < -0.3 is 15.6 Å². The molecule has 0 bridgehead atoms. The second-order valence-corrected chi connectivity index (χ2v) is 6.56. The second kappa shape index (κ2) is 8.16. The number of para-hydroxylation sites is 1. The van der Waals surface area contributed by atoms with Gasteiger partial charge in [-0.05, 0) is 44.4 Å². The molecule has 3 atom stereocenters. The van der Waals surface area contributed by atoms with E-state index < -0.39 is 0 Å². The summed E-state index contributed by atoms with van der Waals surface area (Å²) in [5.74, 6) is 0.641. The number of aromatic nitrogens is 1. The lowest BCUT2D eigenvalue weighted by Crippen LogP contribution is -2.47. The molecular formula is C19H29N3O. The Morgan fingerprint density at radius 3 is 2.70 bits per heavy atom. The zero-order valence-corrected chi connectivity index (χ0v) is 14.6. The molecule has 1 unspecified atom stereocenters.